The monoisotopic (exact) mass is 438 g/mol. The molecule has 1 amide bonds. The number of carbonyl (C=O) groups is 1. The van der Waals surface area contributed by atoms with Crippen LogP contribution in [0, 0.1) is 16.7 Å². The average molecular weight is 439 g/mol. The lowest BCUT2D eigenvalue weighted by Crippen LogP contribution is -2.45. The molecule has 0 radical (unpaired) electrons. The Hall–Kier alpha value is -2.39. The van der Waals surface area contributed by atoms with Gasteiger partial charge in [-0.3, -0.25) is 4.79 Å². The van der Waals surface area contributed by atoms with E-state index in [1.807, 2.05) is 47.4 Å². The van der Waals surface area contributed by atoms with Gasteiger partial charge in [0.2, 0.25) is 5.91 Å². The smallest absolute Gasteiger partial charge is 0.229 e. The fourth-order valence-corrected chi connectivity index (χ4v) is 4.81. The Labute approximate surface area is 191 Å². The maximum absolute atomic E-state index is 13.2. The van der Waals surface area contributed by atoms with Gasteiger partial charge in [0.05, 0.1) is 17.0 Å². The normalized spacial score (nSPS) is 19.1. The molecule has 0 unspecified atom stereocenters. The third-order valence-electron chi connectivity index (χ3n) is 6.85. The van der Waals surface area contributed by atoms with E-state index in [2.05, 4.69) is 23.1 Å². The first-order chi connectivity index (χ1) is 14.6. The van der Waals surface area contributed by atoms with Gasteiger partial charge in [0.25, 0.3) is 0 Å². The number of hydrogen-bond donors (Lipinski definition) is 1. The standard InChI is InChI=1S/C25H30N4O.ClH/c26-18-20-6-8-21(9-7-20)19-29-17-13-25(24(29)30)11-15-28(16-12-25)14-10-23(27)22-4-2-1-3-5-22;/h1-9,23H,10-17,19,27H2;1H/t23-;/m0./s1. The first-order valence-corrected chi connectivity index (χ1v) is 10.9. The van der Waals surface area contributed by atoms with Crippen molar-refractivity contribution >= 4 is 18.3 Å². The van der Waals surface area contributed by atoms with Crippen molar-refractivity contribution in [3.8, 4) is 6.07 Å². The molecule has 1 atom stereocenters. The van der Waals surface area contributed by atoms with Crippen LogP contribution in [0.2, 0.25) is 0 Å². The molecular formula is C25H31ClN4O. The molecule has 1 spiro atoms. The molecule has 5 nitrogen and oxygen atoms in total. The van der Waals surface area contributed by atoms with Gasteiger partial charge in [0, 0.05) is 19.1 Å². The van der Waals surface area contributed by atoms with Gasteiger partial charge in [-0.25, -0.2) is 0 Å². The topological polar surface area (TPSA) is 73.4 Å². The summed E-state index contributed by atoms with van der Waals surface area (Å²) in [5.41, 5.74) is 9.11. The third-order valence-corrected chi connectivity index (χ3v) is 6.85. The Morgan fingerprint density at radius 2 is 1.65 bits per heavy atom. The summed E-state index contributed by atoms with van der Waals surface area (Å²) in [4.78, 5) is 17.7. The molecule has 2 heterocycles. The molecule has 6 heteroatoms. The van der Waals surface area contributed by atoms with Crippen molar-refractivity contribution in [2.75, 3.05) is 26.2 Å². The van der Waals surface area contributed by atoms with E-state index in [1.54, 1.807) is 0 Å². The van der Waals surface area contributed by atoms with Crippen molar-refractivity contribution in [1.29, 1.82) is 5.26 Å². The summed E-state index contributed by atoms with van der Waals surface area (Å²) in [5.74, 6) is 0.312. The molecule has 2 N–H and O–H groups in total. The van der Waals surface area contributed by atoms with Crippen LogP contribution in [-0.4, -0.2) is 41.9 Å². The Morgan fingerprint density at radius 3 is 2.29 bits per heavy atom. The molecular weight excluding hydrogens is 408 g/mol. The van der Waals surface area contributed by atoms with Crippen molar-refractivity contribution in [1.82, 2.24) is 9.80 Å². The number of carbonyl (C=O) groups excluding carboxylic acids is 1. The Morgan fingerprint density at radius 1 is 1.00 bits per heavy atom. The molecule has 2 aliphatic heterocycles. The number of halogens is 1. The Kier molecular flexibility index (Phi) is 7.72. The van der Waals surface area contributed by atoms with Crippen LogP contribution in [0.1, 0.15) is 48.4 Å². The van der Waals surface area contributed by atoms with Crippen LogP contribution in [0.3, 0.4) is 0 Å². The molecule has 31 heavy (non-hydrogen) atoms. The van der Waals surface area contributed by atoms with Crippen molar-refractivity contribution < 1.29 is 4.79 Å². The number of benzene rings is 2. The molecule has 2 fully saturated rings. The summed E-state index contributed by atoms with van der Waals surface area (Å²) in [6.07, 6.45) is 3.78. The van der Waals surface area contributed by atoms with Crippen LogP contribution in [0.5, 0.6) is 0 Å². The highest BCUT2D eigenvalue weighted by Crippen LogP contribution is 2.42. The zero-order chi connectivity index (χ0) is 21.0. The zero-order valence-electron chi connectivity index (χ0n) is 17.9. The first kappa shape index (κ1) is 23.3. The number of nitrogens with zero attached hydrogens (tertiary/aromatic N) is 3. The minimum Gasteiger partial charge on any atom is -0.338 e. The third kappa shape index (κ3) is 5.27. The van der Waals surface area contributed by atoms with Crippen LogP contribution in [-0.2, 0) is 11.3 Å². The highest BCUT2D eigenvalue weighted by Gasteiger charge is 2.47. The van der Waals surface area contributed by atoms with Gasteiger partial charge in [-0.1, -0.05) is 42.5 Å². The lowest BCUT2D eigenvalue weighted by atomic mass is 9.77. The molecule has 164 valence electrons. The molecule has 0 saturated carbocycles. The van der Waals surface area contributed by atoms with Crippen LogP contribution in [0.25, 0.3) is 0 Å². The largest absolute Gasteiger partial charge is 0.338 e. The summed E-state index contributed by atoms with van der Waals surface area (Å²) in [6.45, 7) is 4.39. The van der Waals surface area contributed by atoms with E-state index in [9.17, 15) is 4.79 Å². The number of likely N-dealkylation sites (tertiary alicyclic amines) is 2. The molecule has 4 rings (SSSR count). The van der Waals surface area contributed by atoms with E-state index in [-0.39, 0.29) is 23.9 Å². The van der Waals surface area contributed by atoms with E-state index in [1.165, 1.54) is 5.56 Å². The summed E-state index contributed by atoms with van der Waals surface area (Å²) in [5, 5.41) is 8.94. The van der Waals surface area contributed by atoms with Crippen LogP contribution >= 0.6 is 12.4 Å². The molecule has 2 saturated heterocycles. The van der Waals surface area contributed by atoms with E-state index in [0.717, 1.165) is 57.4 Å². The van der Waals surface area contributed by atoms with Crippen molar-refractivity contribution in [2.45, 2.75) is 38.3 Å². The van der Waals surface area contributed by atoms with Gasteiger partial charge in [0.1, 0.15) is 0 Å². The van der Waals surface area contributed by atoms with Gasteiger partial charge >= 0.3 is 0 Å². The average Bonchev–Trinajstić information content (AvgIpc) is 3.09. The van der Waals surface area contributed by atoms with Crippen LogP contribution < -0.4 is 5.73 Å². The van der Waals surface area contributed by atoms with E-state index >= 15 is 0 Å². The van der Waals surface area contributed by atoms with Crippen molar-refractivity contribution in [3.05, 3.63) is 71.3 Å². The summed E-state index contributed by atoms with van der Waals surface area (Å²) >= 11 is 0. The number of nitrogens with two attached hydrogens (primary N) is 1. The van der Waals surface area contributed by atoms with E-state index in [4.69, 9.17) is 11.0 Å². The number of piperidine rings is 1. The van der Waals surface area contributed by atoms with E-state index < -0.39 is 0 Å². The second-order valence-corrected chi connectivity index (χ2v) is 8.71. The molecule has 0 aliphatic carbocycles. The minimum atomic E-state index is -0.176. The molecule has 2 aromatic carbocycles. The highest BCUT2D eigenvalue weighted by atomic mass is 35.5. The summed E-state index contributed by atoms with van der Waals surface area (Å²) in [6, 6.07) is 20.0. The van der Waals surface area contributed by atoms with E-state index in [0.29, 0.717) is 18.0 Å². The molecule has 0 aromatic heterocycles. The summed E-state index contributed by atoms with van der Waals surface area (Å²) in [7, 11) is 0. The predicted octanol–water partition coefficient (Wildman–Crippen LogP) is 3.88. The second kappa shape index (κ2) is 10.3. The van der Waals surface area contributed by atoms with Gasteiger partial charge in [-0.05, 0) is 68.6 Å². The van der Waals surface area contributed by atoms with Gasteiger partial charge in [-0.15, -0.1) is 12.4 Å². The zero-order valence-corrected chi connectivity index (χ0v) is 18.7. The quantitative estimate of drug-likeness (QED) is 0.742. The van der Waals surface area contributed by atoms with Crippen LogP contribution in [0.15, 0.2) is 54.6 Å². The van der Waals surface area contributed by atoms with Gasteiger partial charge in [-0.2, -0.15) is 5.26 Å². The van der Waals surface area contributed by atoms with Gasteiger partial charge in [0.15, 0.2) is 0 Å². The lowest BCUT2D eigenvalue weighted by molar-refractivity contribution is -0.138. The van der Waals surface area contributed by atoms with Gasteiger partial charge < -0.3 is 15.5 Å². The molecule has 0 bridgehead atoms. The Balaban J connectivity index is 0.00000272. The number of nitriles is 1. The van der Waals surface area contributed by atoms with Crippen molar-refractivity contribution in [2.24, 2.45) is 11.1 Å². The maximum Gasteiger partial charge on any atom is 0.229 e. The maximum atomic E-state index is 13.2. The first-order valence-electron chi connectivity index (χ1n) is 10.9. The minimum absolute atomic E-state index is 0. The second-order valence-electron chi connectivity index (χ2n) is 8.71. The lowest BCUT2D eigenvalue weighted by Gasteiger charge is -2.38. The van der Waals surface area contributed by atoms with Crippen molar-refractivity contribution in [3.63, 3.8) is 0 Å². The number of rotatable bonds is 6. The highest BCUT2D eigenvalue weighted by molar-refractivity contribution is 5.85. The SMILES string of the molecule is Cl.N#Cc1ccc(CN2CCC3(CCN(CC[C@H](N)c4ccccc4)CC3)C2=O)cc1. The fourth-order valence-electron chi connectivity index (χ4n) is 4.81. The molecule has 2 aromatic rings. The Bertz CT molecular complexity index is 901. The predicted molar refractivity (Wildman–Crippen MR) is 125 cm³/mol. The fraction of sp³-hybridized carbons (Fsp3) is 0.440. The van der Waals surface area contributed by atoms with Crippen LogP contribution in [0.4, 0.5) is 0 Å². The summed E-state index contributed by atoms with van der Waals surface area (Å²) < 4.78 is 0. The number of amides is 1. The molecule has 2 aliphatic rings. The number of hydrogen-bond acceptors (Lipinski definition) is 4.